The molecule has 52 heavy (non-hydrogen) atoms. The molecule has 2 aromatic rings. The zero-order valence-electron chi connectivity index (χ0n) is 30.9. The average Bonchev–Trinajstić information content (AvgIpc) is 3.17. The van der Waals surface area contributed by atoms with Crippen LogP contribution in [0, 0.1) is 17.8 Å². The van der Waals surface area contributed by atoms with E-state index in [9.17, 15) is 15.0 Å². The highest BCUT2D eigenvalue weighted by Crippen LogP contribution is 2.61. The summed E-state index contributed by atoms with van der Waals surface area (Å²) in [5, 5.41) is 27.5. The van der Waals surface area contributed by atoms with Crippen LogP contribution < -0.4 is 14.8 Å². The van der Waals surface area contributed by atoms with Gasteiger partial charge in [-0.05, 0) is 73.3 Å². The fourth-order valence-electron chi connectivity index (χ4n) is 8.23. The molecule has 1 heterocycles. The lowest BCUT2D eigenvalue weighted by Crippen LogP contribution is -2.70. The molecule has 1 aliphatic heterocycles. The Kier molecular flexibility index (Phi) is 14.4. The van der Waals surface area contributed by atoms with Crippen LogP contribution >= 0.6 is 0 Å². The summed E-state index contributed by atoms with van der Waals surface area (Å²) < 4.78 is 20.1. The number of rotatable bonds is 20. The Morgan fingerprint density at radius 1 is 1.06 bits per heavy atom. The fraction of sp³-hybridized carbons (Fsp3) is 0.524. The van der Waals surface area contributed by atoms with Gasteiger partial charge in [0.1, 0.15) is 30.8 Å². The molecule has 0 bridgehead atoms. The number of likely N-dealkylation sites (N-methyl/N-ethyl adjacent to an activating group) is 1. The van der Waals surface area contributed by atoms with Gasteiger partial charge in [0.15, 0.2) is 0 Å². The number of carbonyl (C=O) groups excluding carboxylic acids is 1. The van der Waals surface area contributed by atoms with E-state index in [1.807, 2.05) is 49.4 Å². The van der Waals surface area contributed by atoms with E-state index in [0.717, 1.165) is 54.5 Å². The number of allylic oxidation sites excluding steroid dienone is 1. The number of aliphatic hydroxyl groups is 2. The zero-order valence-corrected chi connectivity index (χ0v) is 30.9. The maximum absolute atomic E-state index is 13.8. The molecule has 2 amide bonds. The lowest BCUT2D eigenvalue weighted by molar-refractivity contribution is -0.252. The first kappa shape index (κ1) is 39.1. The standard InChI is InChI=1S/C42H57N3O7/c1-5-21-43-41(48)45(4)38-28-36(44-51-29-30-15-9-8-10-16-30)34-26-31(17-11-13-22-46)33(18-12-14-23-47)39-35-27-32(49-24-6-2)19-20-37(35)52-42(38,40(34)39)50-25-7-3/h6-10,15-16,19-20,26-27,31,33,38-40,46-47H,2-3,5,11-14,17-18,21-25,28-29H2,1,4H3,(H,43,48)/t31-,33+,38-,39+,40+,42+/m0/s1. The number of benzene rings is 2. The number of nitrogens with one attached hydrogen (secondary N) is 1. The summed E-state index contributed by atoms with van der Waals surface area (Å²) in [7, 11) is 1.80. The highest BCUT2D eigenvalue weighted by molar-refractivity contribution is 6.03. The molecular formula is C42H57N3O7. The van der Waals surface area contributed by atoms with Crippen LogP contribution in [0.2, 0.25) is 0 Å². The summed E-state index contributed by atoms with van der Waals surface area (Å²) >= 11 is 0. The maximum Gasteiger partial charge on any atom is 0.317 e. The predicted octanol–water partition coefficient (Wildman–Crippen LogP) is 7.14. The van der Waals surface area contributed by atoms with Crippen LogP contribution in [0.15, 0.2) is 90.6 Å². The van der Waals surface area contributed by atoms with Gasteiger partial charge in [0.25, 0.3) is 0 Å². The van der Waals surface area contributed by atoms with Crippen molar-refractivity contribution in [2.75, 3.05) is 40.0 Å². The predicted molar refractivity (Wildman–Crippen MR) is 203 cm³/mol. The van der Waals surface area contributed by atoms with Crippen molar-refractivity contribution < 1.29 is 34.1 Å². The number of unbranched alkanes of at least 4 members (excludes halogenated alkanes) is 2. The number of ether oxygens (including phenoxy) is 3. The van der Waals surface area contributed by atoms with E-state index in [1.54, 1.807) is 24.1 Å². The highest BCUT2D eigenvalue weighted by atomic mass is 16.7. The van der Waals surface area contributed by atoms with E-state index in [4.69, 9.17) is 24.2 Å². The molecule has 10 heteroatoms. The summed E-state index contributed by atoms with van der Waals surface area (Å²) in [5.41, 5.74) is 3.77. The molecule has 0 saturated heterocycles. The maximum atomic E-state index is 13.8. The molecule has 0 radical (unpaired) electrons. The van der Waals surface area contributed by atoms with Gasteiger partial charge in [0.2, 0.25) is 5.79 Å². The molecule has 5 rings (SSSR count). The Morgan fingerprint density at radius 2 is 1.81 bits per heavy atom. The van der Waals surface area contributed by atoms with Gasteiger partial charge in [0.05, 0.1) is 18.2 Å². The van der Waals surface area contributed by atoms with Gasteiger partial charge in [-0.25, -0.2) is 4.79 Å². The van der Waals surface area contributed by atoms with Gasteiger partial charge >= 0.3 is 6.03 Å². The second kappa shape index (κ2) is 19.1. The van der Waals surface area contributed by atoms with E-state index in [2.05, 4.69) is 30.6 Å². The molecule has 3 aliphatic rings. The van der Waals surface area contributed by atoms with Crippen LogP contribution in [-0.2, 0) is 16.2 Å². The first-order valence-electron chi connectivity index (χ1n) is 18.9. The van der Waals surface area contributed by atoms with Crippen molar-refractivity contribution in [2.45, 2.75) is 82.6 Å². The number of carbonyl (C=O) groups is 1. The van der Waals surface area contributed by atoms with Gasteiger partial charge in [-0.15, -0.1) is 6.58 Å². The van der Waals surface area contributed by atoms with Crippen molar-refractivity contribution in [1.82, 2.24) is 10.2 Å². The number of hydrogen-bond donors (Lipinski definition) is 3. The largest absolute Gasteiger partial charge is 0.490 e. The molecule has 2 aromatic carbocycles. The van der Waals surface area contributed by atoms with E-state index in [1.165, 1.54) is 0 Å². The molecule has 6 atom stereocenters. The average molecular weight is 716 g/mol. The first-order chi connectivity index (χ1) is 25.4. The summed E-state index contributed by atoms with van der Waals surface area (Å²) in [6.45, 7) is 11.5. The summed E-state index contributed by atoms with van der Waals surface area (Å²) in [6, 6.07) is 15.1. The van der Waals surface area contributed by atoms with Crippen LogP contribution in [0.4, 0.5) is 4.79 Å². The summed E-state index contributed by atoms with van der Waals surface area (Å²) in [4.78, 5) is 21.6. The summed E-state index contributed by atoms with van der Waals surface area (Å²) in [5.74, 6) is -0.103. The van der Waals surface area contributed by atoms with Crippen LogP contribution in [0.25, 0.3) is 0 Å². The minimum Gasteiger partial charge on any atom is -0.490 e. The van der Waals surface area contributed by atoms with Gasteiger partial charge < -0.3 is 39.5 Å². The molecule has 0 unspecified atom stereocenters. The number of amides is 2. The van der Waals surface area contributed by atoms with E-state index < -0.39 is 11.8 Å². The molecule has 0 aromatic heterocycles. The Bertz CT molecular complexity index is 1550. The minimum absolute atomic E-state index is 0.118. The SMILES string of the molecule is C=CCOc1ccc2c(c1)[C@H]1[C@H](CCCCO)[C@@H](CCCCO)C=C3C(=NOCc4ccccc4)C[C@H](N(C)C(=O)NCCC)[C@@](OCC=C)(O2)[C@H]31. The number of oxime groups is 1. The molecule has 1 saturated carbocycles. The Balaban J connectivity index is 1.73. The van der Waals surface area contributed by atoms with Crippen molar-refractivity contribution in [3.05, 3.63) is 96.6 Å². The van der Waals surface area contributed by atoms with Crippen molar-refractivity contribution in [1.29, 1.82) is 0 Å². The molecular weight excluding hydrogens is 658 g/mol. The first-order valence-corrected chi connectivity index (χ1v) is 18.9. The van der Waals surface area contributed by atoms with Crippen LogP contribution in [0.5, 0.6) is 11.5 Å². The number of nitrogens with zero attached hydrogens (tertiary/aromatic N) is 2. The number of urea groups is 1. The van der Waals surface area contributed by atoms with Gasteiger partial charge in [0, 0.05) is 44.7 Å². The molecule has 282 valence electrons. The Hall–Kier alpha value is -4.12. The third kappa shape index (κ3) is 8.73. The lowest BCUT2D eigenvalue weighted by Gasteiger charge is -2.59. The van der Waals surface area contributed by atoms with E-state index in [-0.39, 0.29) is 49.5 Å². The quantitative estimate of drug-likeness (QED) is 0.0757. The Morgan fingerprint density at radius 3 is 2.52 bits per heavy atom. The third-order valence-corrected chi connectivity index (χ3v) is 10.6. The normalized spacial score (nSPS) is 25.2. The smallest absolute Gasteiger partial charge is 0.317 e. The molecule has 2 aliphatic carbocycles. The fourth-order valence-corrected chi connectivity index (χ4v) is 8.23. The number of aliphatic hydroxyl groups excluding tert-OH is 2. The van der Waals surface area contributed by atoms with Crippen LogP contribution in [0.1, 0.15) is 75.3 Å². The number of hydrogen-bond acceptors (Lipinski definition) is 8. The lowest BCUT2D eigenvalue weighted by atomic mass is 9.55. The molecule has 10 nitrogen and oxygen atoms in total. The van der Waals surface area contributed by atoms with E-state index in [0.29, 0.717) is 50.5 Å². The van der Waals surface area contributed by atoms with Crippen molar-refractivity contribution in [3.63, 3.8) is 0 Å². The van der Waals surface area contributed by atoms with Crippen LogP contribution in [0.3, 0.4) is 0 Å². The second-order valence-electron chi connectivity index (χ2n) is 14.0. The van der Waals surface area contributed by atoms with Crippen LogP contribution in [-0.4, -0.2) is 78.7 Å². The van der Waals surface area contributed by atoms with Gasteiger partial charge in [-0.2, -0.15) is 0 Å². The van der Waals surface area contributed by atoms with Crippen molar-refractivity contribution in [3.8, 4) is 11.5 Å². The molecule has 0 spiro atoms. The Labute approximate surface area is 309 Å². The molecule has 1 fully saturated rings. The molecule has 3 N–H and O–H groups in total. The third-order valence-electron chi connectivity index (χ3n) is 10.6. The topological polar surface area (TPSA) is 122 Å². The highest BCUT2D eigenvalue weighted by Gasteiger charge is 2.65. The minimum atomic E-state index is -1.29. The second-order valence-corrected chi connectivity index (χ2v) is 14.0. The van der Waals surface area contributed by atoms with Crippen molar-refractivity contribution in [2.24, 2.45) is 22.9 Å². The monoisotopic (exact) mass is 715 g/mol. The van der Waals surface area contributed by atoms with Gasteiger partial charge in [-0.3, -0.25) is 0 Å². The zero-order chi connectivity index (χ0) is 36.9. The van der Waals surface area contributed by atoms with Crippen molar-refractivity contribution >= 4 is 11.7 Å². The number of fused-ring (bicyclic) bond motifs is 2. The van der Waals surface area contributed by atoms with E-state index >= 15 is 0 Å². The van der Waals surface area contributed by atoms with Gasteiger partial charge in [-0.1, -0.05) is 80.1 Å². The summed E-state index contributed by atoms with van der Waals surface area (Å²) in [6.07, 6.45) is 11.8.